The van der Waals surface area contributed by atoms with Crippen LogP contribution in [0.15, 0.2) is 28.9 Å². The average Bonchev–Trinajstić information content (AvgIpc) is 3.35. The maximum absolute atomic E-state index is 12.0. The first kappa shape index (κ1) is 19.0. The molecule has 2 aromatic heterocycles. The number of aryl methyl sites for hydroxylation is 1. The predicted molar refractivity (Wildman–Crippen MR) is 115 cm³/mol. The molecular formula is C22H26N6O2. The van der Waals surface area contributed by atoms with Crippen molar-refractivity contribution in [3.05, 3.63) is 41.7 Å². The summed E-state index contributed by atoms with van der Waals surface area (Å²) < 4.78 is 6.03. The molecule has 0 radical (unpaired) electrons. The molecule has 156 valence electrons. The number of benzene rings is 1. The molecule has 2 aliphatic rings. The molecule has 0 N–H and O–H groups in total. The van der Waals surface area contributed by atoms with Gasteiger partial charge in [0, 0.05) is 62.2 Å². The van der Waals surface area contributed by atoms with Gasteiger partial charge in [-0.15, -0.1) is 0 Å². The van der Waals surface area contributed by atoms with Crippen molar-refractivity contribution in [1.82, 2.24) is 19.9 Å². The van der Waals surface area contributed by atoms with E-state index in [1.54, 1.807) is 6.33 Å². The van der Waals surface area contributed by atoms with E-state index in [0.29, 0.717) is 13.0 Å². The van der Waals surface area contributed by atoms with Crippen molar-refractivity contribution in [2.45, 2.75) is 33.2 Å². The molecule has 30 heavy (non-hydrogen) atoms. The van der Waals surface area contributed by atoms with Gasteiger partial charge in [-0.1, -0.05) is 0 Å². The Morgan fingerprint density at radius 3 is 2.67 bits per heavy atom. The van der Waals surface area contributed by atoms with E-state index < -0.39 is 0 Å². The highest BCUT2D eigenvalue weighted by Gasteiger charge is 2.24. The molecule has 3 aromatic rings. The number of rotatable bonds is 4. The molecule has 8 heteroatoms. The van der Waals surface area contributed by atoms with Crippen LogP contribution in [0.2, 0.25) is 0 Å². The molecule has 0 spiro atoms. The zero-order valence-corrected chi connectivity index (χ0v) is 17.5. The lowest BCUT2D eigenvalue weighted by Crippen LogP contribution is -2.46. The van der Waals surface area contributed by atoms with E-state index in [9.17, 15) is 4.79 Å². The molecule has 2 aliphatic heterocycles. The molecular weight excluding hydrogens is 380 g/mol. The molecule has 0 atom stereocenters. The van der Waals surface area contributed by atoms with Gasteiger partial charge in [0.25, 0.3) is 0 Å². The van der Waals surface area contributed by atoms with Gasteiger partial charge < -0.3 is 14.2 Å². The zero-order chi connectivity index (χ0) is 20.7. The Labute approximate surface area is 175 Å². The third kappa shape index (κ3) is 3.52. The minimum atomic E-state index is 0.182. The maximum Gasteiger partial charge on any atom is 0.227 e. The second-order valence-corrected chi connectivity index (χ2v) is 8.08. The fraction of sp³-hybridized carbons (Fsp3) is 0.455. The smallest absolute Gasteiger partial charge is 0.227 e. The van der Waals surface area contributed by atoms with Crippen molar-refractivity contribution >= 4 is 28.5 Å². The van der Waals surface area contributed by atoms with Gasteiger partial charge >= 0.3 is 0 Å². The zero-order valence-electron chi connectivity index (χ0n) is 17.5. The van der Waals surface area contributed by atoms with Gasteiger partial charge in [0.2, 0.25) is 11.8 Å². The Bertz CT molecular complexity index is 1090. The van der Waals surface area contributed by atoms with Crippen molar-refractivity contribution in [3.8, 4) is 0 Å². The lowest BCUT2D eigenvalue weighted by molar-refractivity contribution is -0.117. The summed E-state index contributed by atoms with van der Waals surface area (Å²) in [5, 5.41) is 0. The fourth-order valence-corrected chi connectivity index (χ4v) is 4.27. The van der Waals surface area contributed by atoms with E-state index in [2.05, 4.69) is 31.7 Å². The molecule has 0 bridgehead atoms. The van der Waals surface area contributed by atoms with Crippen LogP contribution >= 0.6 is 0 Å². The summed E-state index contributed by atoms with van der Waals surface area (Å²) in [6.45, 7) is 9.25. The molecule has 0 aliphatic carbocycles. The second-order valence-electron chi connectivity index (χ2n) is 8.08. The lowest BCUT2D eigenvalue weighted by Gasteiger charge is -2.35. The van der Waals surface area contributed by atoms with Gasteiger partial charge in [0.05, 0.1) is 6.54 Å². The van der Waals surface area contributed by atoms with Gasteiger partial charge in [0.1, 0.15) is 17.7 Å². The van der Waals surface area contributed by atoms with Crippen LogP contribution < -0.4 is 9.80 Å². The molecule has 5 rings (SSSR count). The van der Waals surface area contributed by atoms with Crippen molar-refractivity contribution in [2.24, 2.45) is 0 Å². The Hall–Kier alpha value is -3.00. The molecule has 0 saturated carbocycles. The number of nitrogens with zero attached hydrogens (tertiary/aromatic N) is 6. The summed E-state index contributed by atoms with van der Waals surface area (Å²) in [5.74, 6) is 1.94. The Morgan fingerprint density at radius 2 is 1.90 bits per heavy atom. The number of carbonyl (C=O) groups is 1. The van der Waals surface area contributed by atoms with Crippen LogP contribution in [0.25, 0.3) is 11.1 Å². The highest BCUT2D eigenvalue weighted by Crippen LogP contribution is 2.27. The maximum atomic E-state index is 12.0. The summed E-state index contributed by atoms with van der Waals surface area (Å²) >= 11 is 0. The third-order valence-corrected chi connectivity index (χ3v) is 6.14. The van der Waals surface area contributed by atoms with Gasteiger partial charge in [-0.2, -0.15) is 0 Å². The van der Waals surface area contributed by atoms with E-state index in [1.807, 2.05) is 30.0 Å². The van der Waals surface area contributed by atoms with Crippen LogP contribution in [0.1, 0.15) is 30.0 Å². The molecule has 0 unspecified atom stereocenters. The van der Waals surface area contributed by atoms with Crippen molar-refractivity contribution in [2.75, 3.05) is 42.5 Å². The Balaban J connectivity index is 1.25. The van der Waals surface area contributed by atoms with E-state index in [0.717, 1.165) is 78.9 Å². The standard InChI is InChI=1S/C22H26N6O2/c1-15-16(2)23-14-24-22(15)27-10-8-26(9-11-27)13-20-25-18-6-5-17(12-19(18)30-20)28-7-3-4-21(28)29/h5-6,12,14H,3-4,7-11,13H2,1-2H3. The summed E-state index contributed by atoms with van der Waals surface area (Å²) in [7, 11) is 0. The quantitative estimate of drug-likeness (QED) is 0.659. The number of hydrogen-bond donors (Lipinski definition) is 0. The number of hydrogen-bond acceptors (Lipinski definition) is 7. The highest BCUT2D eigenvalue weighted by molar-refractivity contribution is 5.96. The first-order chi connectivity index (χ1) is 14.6. The van der Waals surface area contributed by atoms with E-state index >= 15 is 0 Å². The molecule has 8 nitrogen and oxygen atoms in total. The van der Waals surface area contributed by atoms with Crippen molar-refractivity contribution in [3.63, 3.8) is 0 Å². The summed E-state index contributed by atoms with van der Waals surface area (Å²) in [6, 6.07) is 5.84. The molecule has 4 heterocycles. The van der Waals surface area contributed by atoms with Crippen molar-refractivity contribution < 1.29 is 9.21 Å². The van der Waals surface area contributed by atoms with Crippen LogP contribution in [-0.2, 0) is 11.3 Å². The Morgan fingerprint density at radius 1 is 1.07 bits per heavy atom. The van der Waals surface area contributed by atoms with E-state index in [-0.39, 0.29) is 5.91 Å². The number of piperazine rings is 1. The van der Waals surface area contributed by atoms with Gasteiger partial charge in [-0.05, 0) is 32.4 Å². The van der Waals surface area contributed by atoms with Crippen LogP contribution in [0, 0.1) is 13.8 Å². The number of oxazole rings is 1. The molecule has 2 saturated heterocycles. The predicted octanol–water partition coefficient (Wildman–Crippen LogP) is 2.68. The van der Waals surface area contributed by atoms with Crippen LogP contribution in [0.4, 0.5) is 11.5 Å². The lowest BCUT2D eigenvalue weighted by atomic mass is 10.2. The minimum absolute atomic E-state index is 0.182. The number of anilines is 2. The fourth-order valence-electron chi connectivity index (χ4n) is 4.27. The monoisotopic (exact) mass is 406 g/mol. The van der Waals surface area contributed by atoms with E-state index in [4.69, 9.17) is 4.42 Å². The minimum Gasteiger partial charge on any atom is -0.439 e. The number of carbonyl (C=O) groups excluding carboxylic acids is 1. The van der Waals surface area contributed by atoms with Gasteiger partial charge in [0.15, 0.2) is 5.58 Å². The number of aromatic nitrogens is 3. The number of amides is 1. The van der Waals surface area contributed by atoms with Crippen LogP contribution in [0.5, 0.6) is 0 Å². The SMILES string of the molecule is Cc1ncnc(N2CCN(Cc3nc4ccc(N5CCCC5=O)cc4o3)CC2)c1C. The summed E-state index contributed by atoms with van der Waals surface area (Å²) in [6.07, 6.45) is 3.19. The molecule has 1 amide bonds. The van der Waals surface area contributed by atoms with Gasteiger partial charge in [-0.3, -0.25) is 9.69 Å². The molecule has 1 aromatic carbocycles. The third-order valence-electron chi connectivity index (χ3n) is 6.14. The van der Waals surface area contributed by atoms with E-state index in [1.165, 1.54) is 0 Å². The first-order valence-electron chi connectivity index (χ1n) is 10.5. The second kappa shape index (κ2) is 7.68. The normalized spacial score (nSPS) is 18.0. The Kier molecular flexibility index (Phi) is 4.86. The average molecular weight is 406 g/mol. The summed E-state index contributed by atoms with van der Waals surface area (Å²) in [5.41, 5.74) is 4.66. The summed E-state index contributed by atoms with van der Waals surface area (Å²) in [4.78, 5) is 31.9. The van der Waals surface area contributed by atoms with Crippen LogP contribution in [0.3, 0.4) is 0 Å². The first-order valence-corrected chi connectivity index (χ1v) is 10.5. The number of fused-ring (bicyclic) bond motifs is 1. The molecule has 2 fully saturated rings. The topological polar surface area (TPSA) is 78.6 Å². The van der Waals surface area contributed by atoms with Crippen molar-refractivity contribution in [1.29, 1.82) is 0 Å². The highest BCUT2D eigenvalue weighted by atomic mass is 16.3. The van der Waals surface area contributed by atoms with Crippen LogP contribution in [-0.4, -0.2) is 58.5 Å². The largest absolute Gasteiger partial charge is 0.439 e. The van der Waals surface area contributed by atoms with Gasteiger partial charge in [-0.25, -0.2) is 15.0 Å².